The molecular formula is C4H5FN2. The largest absolute Gasteiger partial charge is 0.151 e. The fourth-order valence-electron chi connectivity index (χ4n) is 0.352. The van der Waals surface area contributed by atoms with Gasteiger partial charge in [0.15, 0.2) is 0 Å². The van der Waals surface area contributed by atoms with Crippen molar-refractivity contribution in [1.82, 2.24) is 10.0 Å². The van der Waals surface area contributed by atoms with Gasteiger partial charge in [0, 0.05) is 0 Å². The molecule has 0 saturated carbocycles. The predicted molar refractivity (Wildman–Crippen MR) is 23.5 cm³/mol. The molecular weight excluding hydrogens is 95.1 g/mol. The van der Waals surface area contributed by atoms with Crippen LogP contribution in [-0.4, -0.2) is 10.0 Å². The Kier molecular flexibility index (Phi) is 0.817. The van der Waals surface area contributed by atoms with Crippen LogP contribution in [0.1, 0.15) is 5.69 Å². The second-order valence-electron chi connectivity index (χ2n) is 1.33. The summed E-state index contributed by atoms with van der Waals surface area (Å²) in [5.41, 5.74) is 0.528. The minimum atomic E-state index is 0.333. The molecule has 0 unspecified atom stereocenters. The van der Waals surface area contributed by atoms with Crippen molar-refractivity contribution in [3.63, 3.8) is 0 Å². The van der Waals surface area contributed by atoms with Crippen molar-refractivity contribution in [2.24, 2.45) is 0 Å². The van der Waals surface area contributed by atoms with Crippen LogP contribution in [0.4, 0.5) is 4.48 Å². The first kappa shape index (κ1) is 4.30. The van der Waals surface area contributed by atoms with E-state index in [0.29, 0.717) is 10.6 Å². The minimum absolute atomic E-state index is 0.333. The summed E-state index contributed by atoms with van der Waals surface area (Å²) >= 11 is 0. The molecule has 0 saturated heterocycles. The van der Waals surface area contributed by atoms with E-state index >= 15 is 0 Å². The molecule has 7 heavy (non-hydrogen) atoms. The quantitative estimate of drug-likeness (QED) is 0.474. The van der Waals surface area contributed by atoms with Crippen molar-refractivity contribution in [2.75, 3.05) is 0 Å². The van der Waals surface area contributed by atoms with Gasteiger partial charge >= 0.3 is 0 Å². The van der Waals surface area contributed by atoms with Gasteiger partial charge in [-0.3, -0.25) is 0 Å². The second-order valence-corrected chi connectivity index (χ2v) is 1.33. The highest BCUT2D eigenvalue weighted by Gasteiger charge is 1.88. The fourth-order valence-corrected chi connectivity index (χ4v) is 0.352. The zero-order chi connectivity index (χ0) is 5.28. The summed E-state index contributed by atoms with van der Waals surface area (Å²) in [6, 6.07) is 1.60. The summed E-state index contributed by atoms with van der Waals surface area (Å²) in [5.74, 6) is 0. The Balaban J connectivity index is 3.12. The van der Waals surface area contributed by atoms with E-state index in [1.54, 1.807) is 13.0 Å². The first-order valence-electron chi connectivity index (χ1n) is 1.97. The standard InChI is InChI=1S/C4H5FN2/c1-4-2-3-6-7(4)5/h2-3H,1H3. The van der Waals surface area contributed by atoms with Crippen LogP contribution in [0.25, 0.3) is 0 Å². The Labute approximate surface area is 40.5 Å². The van der Waals surface area contributed by atoms with Gasteiger partial charge in [-0.2, -0.15) is 5.10 Å². The molecule has 0 radical (unpaired) electrons. The molecule has 1 aromatic heterocycles. The summed E-state index contributed by atoms with van der Waals surface area (Å²) in [6.45, 7) is 1.65. The van der Waals surface area contributed by atoms with Crippen molar-refractivity contribution in [3.8, 4) is 0 Å². The van der Waals surface area contributed by atoms with Gasteiger partial charge in [-0.25, -0.2) is 0 Å². The van der Waals surface area contributed by atoms with Crippen molar-refractivity contribution < 1.29 is 4.48 Å². The van der Waals surface area contributed by atoms with Crippen LogP contribution in [0.3, 0.4) is 0 Å². The molecule has 0 aromatic carbocycles. The molecule has 1 rings (SSSR count). The number of nitrogens with zero attached hydrogens (tertiary/aromatic N) is 2. The van der Waals surface area contributed by atoms with E-state index in [4.69, 9.17) is 0 Å². The highest BCUT2D eigenvalue weighted by atomic mass is 19.2. The van der Waals surface area contributed by atoms with Crippen LogP contribution in [0.2, 0.25) is 0 Å². The molecule has 38 valence electrons. The van der Waals surface area contributed by atoms with Crippen molar-refractivity contribution in [3.05, 3.63) is 18.0 Å². The molecule has 3 heteroatoms. The van der Waals surface area contributed by atoms with E-state index in [2.05, 4.69) is 5.10 Å². The summed E-state index contributed by atoms with van der Waals surface area (Å²) in [6.07, 6.45) is 1.41. The Bertz CT molecular complexity index is 142. The minimum Gasteiger partial charge on any atom is -0.151 e. The van der Waals surface area contributed by atoms with Crippen LogP contribution in [0, 0.1) is 6.92 Å². The maximum absolute atomic E-state index is 11.9. The molecule has 0 N–H and O–H groups in total. The van der Waals surface area contributed by atoms with Crippen molar-refractivity contribution >= 4 is 0 Å². The molecule has 0 aliphatic rings. The number of hydrogen-bond donors (Lipinski definition) is 0. The Hall–Kier alpha value is -0.860. The number of aromatic nitrogens is 2. The summed E-state index contributed by atoms with van der Waals surface area (Å²) in [4.78, 5) is 0.333. The number of aryl methyl sites for hydroxylation is 1. The Morgan fingerprint density at radius 2 is 2.57 bits per heavy atom. The normalized spacial score (nSPS) is 9.43. The van der Waals surface area contributed by atoms with Gasteiger partial charge in [-0.15, -0.1) is 4.90 Å². The molecule has 0 aliphatic heterocycles. The van der Waals surface area contributed by atoms with E-state index in [0.717, 1.165) is 0 Å². The zero-order valence-corrected chi connectivity index (χ0v) is 3.93. The first-order chi connectivity index (χ1) is 3.30. The van der Waals surface area contributed by atoms with Gasteiger partial charge < -0.3 is 0 Å². The average molecular weight is 100 g/mol. The maximum Gasteiger partial charge on any atom is 0.0712 e. The lowest BCUT2D eigenvalue weighted by Crippen LogP contribution is -1.84. The SMILES string of the molecule is Cc1ccnn1F. The molecule has 1 heterocycles. The monoisotopic (exact) mass is 100 g/mol. The van der Waals surface area contributed by atoms with E-state index in [1.807, 2.05) is 0 Å². The average Bonchev–Trinajstić information content (AvgIpc) is 1.91. The third-order valence-electron chi connectivity index (χ3n) is 0.775. The van der Waals surface area contributed by atoms with Crippen LogP contribution < -0.4 is 0 Å². The third-order valence-corrected chi connectivity index (χ3v) is 0.775. The summed E-state index contributed by atoms with van der Waals surface area (Å²) in [7, 11) is 0. The van der Waals surface area contributed by atoms with Crippen LogP contribution in [0.15, 0.2) is 12.3 Å². The van der Waals surface area contributed by atoms with Gasteiger partial charge in [0.05, 0.1) is 11.9 Å². The number of rotatable bonds is 0. The highest BCUT2D eigenvalue weighted by Crippen LogP contribution is 1.92. The topological polar surface area (TPSA) is 17.8 Å². The van der Waals surface area contributed by atoms with E-state index in [1.165, 1.54) is 6.20 Å². The molecule has 0 aliphatic carbocycles. The second kappa shape index (κ2) is 1.33. The van der Waals surface area contributed by atoms with E-state index in [-0.39, 0.29) is 0 Å². The molecule has 1 aromatic rings. The van der Waals surface area contributed by atoms with Gasteiger partial charge in [-0.1, -0.05) is 4.48 Å². The van der Waals surface area contributed by atoms with Crippen LogP contribution >= 0.6 is 0 Å². The summed E-state index contributed by atoms with van der Waals surface area (Å²) < 4.78 is 11.9. The van der Waals surface area contributed by atoms with Crippen LogP contribution in [0.5, 0.6) is 0 Å². The molecule has 0 atom stereocenters. The number of hydrogen-bond acceptors (Lipinski definition) is 1. The lowest BCUT2D eigenvalue weighted by Gasteiger charge is -1.80. The van der Waals surface area contributed by atoms with Gasteiger partial charge in [0.2, 0.25) is 0 Å². The first-order valence-corrected chi connectivity index (χ1v) is 1.97. The highest BCUT2D eigenvalue weighted by molar-refractivity contribution is 4.93. The smallest absolute Gasteiger partial charge is 0.0712 e. The van der Waals surface area contributed by atoms with E-state index < -0.39 is 0 Å². The lowest BCUT2D eigenvalue weighted by molar-refractivity contribution is 0.307. The molecule has 0 fully saturated rings. The Morgan fingerprint density at radius 3 is 2.71 bits per heavy atom. The van der Waals surface area contributed by atoms with Gasteiger partial charge in [0.25, 0.3) is 0 Å². The maximum atomic E-state index is 11.9. The predicted octanol–water partition coefficient (Wildman–Crippen LogP) is 0.924. The van der Waals surface area contributed by atoms with Crippen molar-refractivity contribution in [1.29, 1.82) is 0 Å². The molecule has 0 bridgehead atoms. The lowest BCUT2D eigenvalue weighted by atomic mass is 10.5. The Morgan fingerprint density at radius 1 is 1.86 bits per heavy atom. The van der Waals surface area contributed by atoms with Gasteiger partial charge in [-0.05, 0) is 13.0 Å². The van der Waals surface area contributed by atoms with E-state index in [9.17, 15) is 4.48 Å². The van der Waals surface area contributed by atoms with Crippen molar-refractivity contribution in [2.45, 2.75) is 6.92 Å². The molecule has 0 amide bonds. The number of halogens is 1. The molecule has 0 spiro atoms. The van der Waals surface area contributed by atoms with Gasteiger partial charge in [0.1, 0.15) is 0 Å². The molecule has 2 nitrogen and oxygen atoms in total. The zero-order valence-electron chi connectivity index (χ0n) is 3.93. The van der Waals surface area contributed by atoms with Crippen LogP contribution in [-0.2, 0) is 0 Å². The fraction of sp³-hybridized carbons (Fsp3) is 0.250. The third kappa shape index (κ3) is 0.607. The summed E-state index contributed by atoms with van der Waals surface area (Å²) in [5, 5.41) is 3.27.